The predicted octanol–water partition coefficient (Wildman–Crippen LogP) is 0.880. The van der Waals surface area contributed by atoms with E-state index in [-0.39, 0.29) is 5.56 Å². The Hall–Kier alpha value is -0.510. The maximum atomic E-state index is 10.9. The van der Waals surface area contributed by atoms with Crippen molar-refractivity contribution in [1.29, 1.82) is 0 Å². The van der Waals surface area contributed by atoms with E-state index in [1.165, 1.54) is 0 Å². The summed E-state index contributed by atoms with van der Waals surface area (Å²) in [4.78, 5) is 10.9. The van der Waals surface area contributed by atoms with E-state index in [9.17, 15) is 4.79 Å². The summed E-state index contributed by atoms with van der Waals surface area (Å²) in [5, 5.41) is 3.72. The highest BCUT2D eigenvalue weighted by molar-refractivity contribution is 9.09. The van der Waals surface area contributed by atoms with Crippen LogP contribution < -0.4 is 5.56 Å². The van der Waals surface area contributed by atoms with Crippen LogP contribution in [-0.4, -0.2) is 15.1 Å². The van der Waals surface area contributed by atoms with Gasteiger partial charge in [-0.25, -0.2) is 0 Å². The highest BCUT2D eigenvalue weighted by atomic mass is 79.9. The Morgan fingerprint density at radius 2 is 2.50 bits per heavy atom. The molecule has 1 rings (SSSR count). The number of aromatic nitrogens is 2. The zero-order valence-electron chi connectivity index (χ0n) is 5.72. The van der Waals surface area contributed by atoms with Crippen LogP contribution in [0.4, 0.5) is 0 Å². The summed E-state index contributed by atoms with van der Waals surface area (Å²) in [5.41, 5.74) is 0.947. The number of alkyl halides is 1. The molecule has 0 amide bonds. The smallest absolute Gasteiger partial charge is 0.266 e. The largest absolute Gasteiger partial charge is 0.300 e. The number of rotatable bonds is 2. The molecule has 4 heteroatoms. The summed E-state index contributed by atoms with van der Waals surface area (Å²) in [6.07, 6.45) is 0. The van der Waals surface area contributed by atoms with E-state index in [0.717, 1.165) is 11.0 Å². The number of aromatic amines is 1. The van der Waals surface area contributed by atoms with Crippen LogP contribution in [0.15, 0.2) is 10.9 Å². The molecule has 3 nitrogen and oxygen atoms in total. The lowest BCUT2D eigenvalue weighted by Crippen LogP contribution is -2.16. The van der Waals surface area contributed by atoms with Crippen LogP contribution in [0.5, 0.6) is 0 Å². The van der Waals surface area contributed by atoms with E-state index in [1.54, 1.807) is 10.7 Å². The lowest BCUT2D eigenvalue weighted by atomic mass is 10.5. The third-order valence-electron chi connectivity index (χ3n) is 1.23. The van der Waals surface area contributed by atoms with Crippen molar-refractivity contribution in [2.45, 2.75) is 13.5 Å². The second-order valence-corrected chi connectivity index (χ2v) is 2.91. The first-order chi connectivity index (χ1) is 4.74. The first-order valence-electron chi connectivity index (χ1n) is 3.06. The predicted molar refractivity (Wildman–Crippen MR) is 43.6 cm³/mol. The van der Waals surface area contributed by atoms with Crippen LogP contribution in [0.25, 0.3) is 0 Å². The second kappa shape index (κ2) is 3.05. The minimum absolute atomic E-state index is 0.0388. The molecule has 1 N–H and O–H groups in total. The molecular weight excluding hydrogens is 196 g/mol. The van der Waals surface area contributed by atoms with E-state index in [2.05, 4.69) is 21.0 Å². The summed E-state index contributed by atoms with van der Waals surface area (Å²) >= 11 is 3.25. The van der Waals surface area contributed by atoms with Crippen LogP contribution in [0.2, 0.25) is 0 Å². The zero-order valence-corrected chi connectivity index (χ0v) is 7.31. The number of hydrogen-bond acceptors (Lipinski definition) is 1. The monoisotopic (exact) mass is 204 g/mol. The van der Waals surface area contributed by atoms with Crippen LogP contribution in [-0.2, 0) is 6.54 Å². The molecule has 0 bridgehead atoms. The van der Waals surface area contributed by atoms with Crippen LogP contribution in [0.1, 0.15) is 5.69 Å². The Kier molecular flexibility index (Phi) is 2.32. The third-order valence-corrected chi connectivity index (χ3v) is 1.58. The topological polar surface area (TPSA) is 37.8 Å². The van der Waals surface area contributed by atoms with Crippen LogP contribution in [0, 0.1) is 6.92 Å². The average Bonchev–Trinajstić information content (AvgIpc) is 2.13. The highest BCUT2D eigenvalue weighted by Gasteiger charge is 1.95. The molecule has 0 saturated heterocycles. The van der Waals surface area contributed by atoms with Gasteiger partial charge in [0, 0.05) is 17.1 Å². The fourth-order valence-electron chi connectivity index (χ4n) is 0.814. The molecule has 56 valence electrons. The van der Waals surface area contributed by atoms with Crippen LogP contribution in [0.3, 0.4) is 0 Å². The number of halogens is 1. The molecule has 0 aromatic carbocycles. The average molecular weight is 205 g/mol. The Labute approximate surface area is 67.2 Å². The van der Waals surface area contributed by atoms with Gasteiger partial charge < -0.3 is 0 Å². The van der Waals surface area contributed by atoms with Gasteiger partial charge in [0.2, 0.25) is 0 Å². The minimum atomic E-state index is 0.0388. The number of H-pyrrole nitrogens is 1. The standard InChI is InChI=1S/C6H9BrN2O/c1-5-4-6(10)9(8-5)3-2-7/h4,8H,2-3H2,1H3. The first kappa shape index (κ1) is 7.60. The molecule has 0 atom stereocenters. The van der Waals surface area contributed by atoms with E-state index in [4.69, 9.17) is 0 Å². The van der Waals surface area contributed by atoms with Crippen molar-refractivity contribution >= 4 is 15.9 Å². The van der Waals surface area contributed by atoms with E-state index in [0.29, 0.717) is 6.54 Å². The van der Waals surface area contributed by atoms with Gasteiger partial charge in [-0.1, -0.05) is 15.9 Å². The number of aryl methyl sites for hydroxylation is 2. The number of nitrogens with zero attached hydrogens (tertiary/aromatic N) is 1. The Bertz CT molecular complexity index is 263. The second-order valence-electron chi connectivity index (χ2n) is 2.12. The van der Waals surface area contributed by atoms with Gasteiger partial charge in [-0.15, -0.1) is 0 Å². The van der Waals surface area contributed by atoms with Gasteiger partial charge in [0.05, 0.1) is 6.54 Å². The molecule has 0 aliphatic rings. The molecule has 0 unspecified atom stereocenters. The van der Waals surface area contributed by atoms with Crippen molar-refractivity contribution in [2.24, 2.45) is 0 Å². The SMILES string of the molecule is Cc1cc(=O)n(CCBr)[nH]1. The molecule has 0 aliphatic heterocycles. The lowest BCUT2D eigenvalue weighted by molar-refractivity contribution is 0.641. The van der Waals surface area contributed by atoms with Crippen LogP contribution >= 0.6 is 15.9 Å². The van der Waals surface area contributed by atoms with Crippen molar-refractivity contribution in [3.8, 4) is 0 Å². The molecule has 0 fully saturated rings. The Morgan fingerprint density at radius 1 is 1.80 bits per heavy atom. The summed E-state index contributed by atoms with van der Waals surface area (Å²) in [6, 6.07) is 1.59. The van der Waals surface area contributed by atoms with Gasteiger partial charge in [0.1, 0.15) is 0 Å². The number of hydrogen-bond donors (Lipinski definition) is 1. The summed E-state index contributed by atoms with van der Waals surface area (Å²) < 4.78 is 1.57. The van der Waals surface area contributed by atoms with Crippen molar-refractivity contribution in [2.75, 3.05) is 5.33 Å². The molecule has 0 aliphatic carbocycles. The fraction of sp³-hybridized carbons (Fsp3) is 0.500. The highest BCUT2D eigenvalue weighted by Crippen LogP contribution is 1.87. The fourth-order valence-corrected chi connectivity index (χ4v) is 1.17. The molecule has 1 aromatic rings. The van der Waals surface area contributed by atoms with Gasteiger partial charge >= 0.3 is 0 Å². The normalized spacial score (nSPS) is 10.2. The van der Waals surface area contributed by atoms with E-state index < -0.39 is 0 Å². The van der Waals surface area contributed by atoms with Gasteiger partial charge in [-0.3, -0.25) is 14.6 Å². The molecular formula is C6H9BrN2O. The summed E-state index contributed by atoms with van der Waals surface area (Å²) in [7, 11) is 0. The Morgan fingerprint density at radius 3 is 2.90 bits per heavy atom. The molecule has 0 radical (unpaired) electrons. The molecule has 0 spiro atoms. The quantitative estimate of drug-likeness (QED) is 0.715. The van der Waals surface area contributed by atoms with Crippen molar-refractivity contribution in [3.63, 3.8) is 0 Å². The van der Waals surface area contributed by atoms with Gasteiger partial charge in [-0.2, -0.15) is 0 Å². The van der Waals surface area contributed by atoms with Gasteiger partial charge in [0.25, 0.3) is 5.56 Å². The van der Waals surface area contributed by atoms with Crippen molar-refractivity contribution < 1.29 is 0 Å². The summed E-state index contributed by atoms with van der Waals surface area (Å²) in [5.74, 6) is 0. The maximum Gasteiger partial charge on any atom is 0.266 e. The van der Waals surface area contributed by atoms with E-state index in [1.807, 2.05) is 6.92 Å². The van der Waals surface area contributed by atoms with E-state index >= 15 is 0 Å². The molecule has 10 heavy (non-hydrogen) atoms. The molecule has 1 aromatic heterocycles. The molecule has 0 saturated carbocycles. The summed E-state index contributed by atoms with van der Waals surface area (Å²) in [6.45, 7) is 2.57. The Balaban J connectivity index is 2.92. The van der Waals surface area contributed by atoms with Crippen molar-refractivity contribution in [1.82, 2.24) is 9.78 Å². The third kappa shape index (κ3) is 1.50. The minimum Gasteiger partial charge on any atom is -0.300 e. The van der Waals surface area contributed by atoms with Gasteiger partial charge in [-0.05, 0) is 6.92 Å². The lowest BCUT2D eigenvalue weighted by Gasteiger charge is -1.94. The molecule has 1 heterocycles. The maximum absolute atomic E-state index is 10.9. The zero-order chi connectivity index (χ0) is 7.56. The van der Waals surface area contributed by atoms with Gasteiger partial charge in [0.15, 0.2) is 0 Å². The number of nitrogens with one attached hydrogen (secondary N) is 1. The first-order valence-corrected chi connectivity index (χ1v) is 4.18. The van der Waals surface area contributed by atoms with Crippen molar-refractivity contribution in [3.05, 3.63) is 22.1 Å².